The van der Waals surface area contributed by atoms with Gasteiger partial charge < -0.3 is 10.5 Å². The molecule has 1 aromatic carbocycles. The largest absolute Gasteiger partial charge is 0.489 e. The molecule has 3 atom stereocenters. The smallest absolute Gasteiger partial charge is 0.133 e. The van der Waals surface area contributed by atoms with Gasteiger partial charge in [0.05, 0.1) is 10.6 Å². The Morgan fingerprint density at radius 1 is 1.35 bits per heavy atom. The van der Waals surface area contributed by atoms with Gasteiger partial charge in [-0.2, -0.15) is 0 Å². The van der Waals surface area contributed by atoms with Gasteiger partial charge in [0.15, 0.2) is 0 Å². The molecule has 0 amide bonds. The molecule has 0 spiro atoms. The minimum Gasteiger partial charge on any atom is -0.489 e. The van der Waals surface area contributed by atoms with Gasteiger partial charge in [-0.3, -0.25) is 0 Å². The predicted molar refractivity (Wildman–Crippen MR) is 88.0 cm³/mol. The van der Waals surface area contributed by atoms with Crippen LogP contribution in [0.2, 0.25) is 0 Å². The van der Waals surface area contributed by atoms with Crippen LogP contribution in [0.5, 0.6) is 5.75 Å². The van der Waals surface area contributed by atoms with E-state index in [4.69, 9.17) is 10.5 Å². The first-order valence-corrected chi connectivity index (χ1v) is 8.28. The van der Waals surface area contributed by atoms with Crippen molar-refractivity contribution in [3.63, 3.8) is 0 Å². The van der Waals surface area contributed by atoms with Crippen LogP contribution in [0.25, 0.3) is 0 Å². The third kappa shape index (κ3) is 3.98. The topological polar surface area (TPSA) is 35.2 Å². The van der Waals surface area contributed by atoms with Gasteiger partial charge in [0, 0.05) is 6.04 Å². The van der Waals surface area contributed by atoms with Crippen LogP contribution in [0.15, 0.2) is 22.7 Å². The molecule has 1 saturated carbocycles. The average molecular weight is 340 g/mol. The fourth-order valence-corrected chi connectivity index (χ4v) is 3.91. The molecular weight excluding hydrogens is 314 g/mol. The summed E-state index contributed by atoms with van der Waals surface area (Å²) in [7, 11) is 0. The minimum atomic E-state index is 0.0500. The van der Waals surface area contributed by atoms with E-state index in [1.54, 1.807) is 0 Å². The van der Waals surface area contributed by atoms with Crippen molar-refractivity contribution in [1.82, 2.24) is 0 Å². The van der Waals surface area contributed by atoms with Crippen LogP contribution >= 0.6 is 15.9 Å². The monoisotopic (exact) mass is 339 g/mol. The molecule has 1 aromatic rings. The lowest BCUT2D eigenvalue weighted by atomic mass is 9.71. The third-order valence-electron chi connectivity index (χ3n) is 4.12. The van der Waals surface area contributed by atoms with Crippen molar-refractivity contribution in [3.8, 4) is 5.75 Å². The van der Waals surface area contributed by atoms with Crippen LogP contribution in [-0.4, -0.2) is 6.10 Å². The van der Waals surface area contributed by atoms with Crippen molar-refractivity contribution in [1.29, 1.82) is 0 Å². The highest BCUT2D eigenvalue weighted by Gasteiger charge is 2.33. The number of benzene rings is 1. The minimum absolute atomic E-state index is 0.0500. The van der Waals surface area contributed by atoms with Crippen molar-refractivity contribution >= 4 is 15.9 Å². The highest BCUT2D eigenvalue weighted by Crippen LogP contribution is 2.41. The molecule has 0 aliphatic heterocycles. The van der Waals surface area contributed by atoms with Gasteiger partial charge in [-0.15, -0.1) is 0 Å². The second kappa shape index (κ2) is 6.07. The summed E-state index contributed by atoms with van der Waals surface area (Å²) < 4.78 is 7.24. The quantitative estimate of drug-likeness (QED) is 0.834. The Hall–Kier alpha value is -0.540. The highest BCUT2D eigenvalue weighted by atomic mass is 79.9. The summed E-state index contributed by atoms with van der Waals surface area (Å²) in [6, 6.07) is 6.21. The Balaban J connectivity index is 2.10. The normalized spacial score (nSPS) is 27.1. The average Bonchev–Trinajstić information content (AvgIpc) is 2.28. The third-order valence-corrected chi connectivity index (χ3v) is 4.74. The maximum atomic E-state index is 6.24. The van der Waals surface area contributed by atoms with Gasteiger partial charge in [0.25, 0.3) is 0 Å². The molecule has 1 aliphatic rings. The maximum Gasteiger partial charge on any atom is 0.133 e. The van der Waals surface area contributed by atoms with E-state index < -0.39 is 0 Å². The molecule has 0 bridgehead atoms. The number of rotatable bonds is 3. The molecule has 1 aliphatic carbocycles. The van der Waals surface area contributed by atoms with E-state index in [9.17, 15) is 0 Å². The van der Waals surface area contributed by atoms with Crippen LogP contribution < -0.4 is 10.5 Å². The van der Waals surface area contributed by atoms with Crippen LogP contribution in [0.3, 0.4) is 0 Å². The molecule has 3 heteroatoms. The Bertz CT molecular complexity index is 470. The predicted octanol–water partition coefficient (Wildman–Crippen LogP) is 5.06. The molecule has 0 saturated heterocycles. The SMILES string of the molecule is CC1CC(Oc2ccc([C@H](C)N)cc2Br)CC(C)(C)C1. The molecule has 2 N–H and O–H groups in total. The summed E-state index contributed by atoms with van der Waals surface area (Å²) in [5.74, 6) is 1.66. The summed E-state index contributed by atoms with van der Waals surface area (Å²) in [5, 5.41) is 0. The Labute approximate surface area is 131 Å². The number of halogens is 1. The fourth-order valence-electron chi connectivity index (χ4n) is 3.42. The second-order valence-corrected chi connectivity index (χ2v) is 7.99. The number of hydrogen-bond donors (Lipinski definition) is 1. The summed E-state index contributed by atoms with van der Waals surface area (Å²) in [5.41, 5.74) is 7.41. The summed E-state index contributed by atoms with van der Waals surface area (Å²) in [6.07, 6.45) is 3.87. The Morgan fingerprint density at radius 3 is 2.60 bits per heavy atom. The van der Waals surface area contributed by atoms with E-state index in [0.29, 0.717) is 11.5 Å². The van der Waals surface area contributed by atoms with Crippen LogP contribution in [0.4, 0.5) is 0 Å². The molecule has 20 heavy (non-hydrogen) atoms. The van der Waals surface area contributed by atoms with E-state index in [1.807, 2.05) is 13.0 Å². The van der Waals surface area contributed by atoms with Crippen molar-refractivity contribution in [2.45, 2.75) is 59.1 Å². The van der Waals surface area contributed by atoms with Crippen LogP contribution in [-0.2, 0) is 0 Å². The number of ether oxygens (including phenoxy) is 1. The summed E-state index contributed by atoms with van der Waals surface area (Å²) >= 11 is 3.61. The lowest BCUT2D eigenvalue weighted by molar-refractivity contribution is 0.0557. The Kier molecular flexibility index (Phi) is 4.80. The Morgan fingerprint density at radius 2 is 2.05 bits per heavy atom. The highest BCUT2D eigenvalue weighted by molar-refractivity contribution is 9.10. The van der Waals surface area contributed by atoms with Crippen molar-refractivity contribution in [2.24, 2.45) is 17.1 Å². The first-order chi connectivity index (χ1) is 9.27. The van der Waals surface area contributed by atoms with Gasteiger partial charge in [-0.05, 0) is 71.1 Å². The van der Waals surface area contributed by atoms with Gasteiger partial charge >= 0.3 is 0 Å². The van der Waals surface area contributed by atoms with Gasteiger partial charge in [0.1, 0.15) is 5.75 Å². The van der Waals surface area contributed by atoms with E-state index in [1.165, 1.54) is 6.42 Å². The molecular formula is C17H26BrNO. The van der Waals surface area contributed by atoms with Crippen LogP contribution in [0.1, 0.15) is 58.6 Å². The van der Waals surface area contributed by atoms with Gasteiger partial charge in [0.2, 0.25) is 0 Å². The van der Waals surface area contributed by atoms with E-state index in [2.05, 4.69) is 48.8 Å². The van der Waals surface area contributed by atoms with E-state index >= 15 is 0 Å². The van der Waals surface area contributed by atoms with E-state index in [0.717, 1.165) is 34.5 Å². The molecule has 0 radical (unpaired) electrons. The van der Waals surface area contributed by atoms with Crippen molar-refractivity contribution < 1.29 is 4.74 Å². The molecule has 2 nitrogen and oxygen atoms in total. The van der Waals surface area contributed by atoms with E-state index in [-0.39, 0.29) is 6.04 Å². The van der Waals surface area contributed by atoms with Crippen LogP contribution in [0, 0.1) is 11.3 Å². The maximum absolute atomic E-state index is 6.24. The zero-order valence-corrected chi connectivity index (χ0v) is 14.5. The molecule has 2 rings (SSSR count). The van der Waals surface area contributed by atoms with Crippen molar-refractivity contribution in [2.75, 3.05) is 0 Å². The van der Waals surface area contributed by atoms with Crippen molar-refractivity contribution in [3.05, 3.63) is 28.2 Å². The molecule has 0 aromatic heterocycles. The zero-order valence-electron chi connectivity index (χ0n) is 12.9. The summed E-state index contributed by atoms with van der Waals surface area (Å²) in [4.78, 5) is 0. The lowest BCUT2D eigenvalue weighted by Crippen LogP contribution is -2.34. The number of nitrogens with two attached hydrogens (primary N) is 1. The number of hydrogen-bond acceptors (Lipinski definition) is 2. The van der Waals surface area contributed by atoms with Gasteiger partial charge in [-0.1, -0.05) is 26.8 Å². The molecule has 1 fully saturated rings. The molecule has 112 valence electrons. The first-order valence-electron chi connectivity index (χ1n) is 7.48. The fraction of sp³-hybridized carbons (Fsp3) is 0.647. The first kappa shape index (κ1) is 15.8. The second-order valence-electron chi connectivity index (χ2n) is 7.13. The lowest BCUT2D eigenvalue weighted by Gasteiger charge is -2.39. The zero-order chi connectivity index (χ0) is 14.9. The van der Waals surface area contributed by atoms with Gasteiger partial charge in [-0.25, -0.2) is 0 Å². The molecule has 2 unspecified atom stereocenters. The standard InChI is InChI=1S/C17H26BrNO/c1-11-7-14(10-17(3,4)9-11)20-16-6-5-13(12(2)19)8-15(16)18/h5-6,8,11-12,14H,7,9-10,19H2,1-4H3/t11?,12-,14?/m0/s1. The molecule has 0 heterocycles. The summed E-state index contributed by atoms with van der Waals surface area (Å²) in [6.45, 7) is 9.00.